The van der Waals surface area contributed by atoms with Crippen molar-refractivity contribution in [2.45, 2.75) is 13.0 Å². The number of thiocarbonyl (C=S) groups is 1. The van der Waals surface area contributed by atoms with Gasteiger partial charge in [0.15, 0.2) is 5.11 Å². The van der Waals surface area contributed by atoms with Gasteiger partial charge in [-0.1, -0.05) is 41.4 Å². The molecule has 3 rings (SSSR count). The van der Waals surface area contributed by atoms with Crippen LogP contribution in [-0.4, -0.2) is 54.7 Å². The number of nitrogens with one attached hydrogen (secondary N) is 2. The molecule has 1 aliphatic rings. The lowest BCUT2D eigenvalue weighted by atomic mass is 10.0. The van der Waals surface area contributed by atoms with E-state index in [0.29, 0.717) is 17.3 Å². The SMILES string of the molecule is Cc1ccc(C(CNC(=S)Nc2ccc(F)c(Cl)c2)N2CCN(C)CC2)cc1. The lowest BCUT2D eigenvalue weighted by Crippen LogP contribution is -2.48. The first kappa shape index (κ1) is 21.0. The number of piperazine rings is 1. The Balaban J connectivity index is 1.65. The Kier molecular flexibility index (Phi) is 7.24. The number of benzene rings is 2. The fraction of sp³-hybridized carbons (Fsp3) is 0.381. The van der Waals surface area contributed by atoms with Crippen LogP contribution in [0, 0.1) is 12.7 Å². The summed E-state index contributed by atoms with van der Waals surface area (Å²) in [5.41, 5.74) is 3.19. The largest absolute Gasteiger partial charge is 0.361 e. The first-order chi connectivity index (χ1) is 13.4. The van der Waals surface area contributed by atoms with Crippen LogP contribution in [0.4, 0.5) is 10.1 Å². The van der Waals surface area contributed by atoms with Crippen molar-refractivity contribution in [3.63, 3.8) is 0 Å². The van der Waals surface area contributed by atoms with E-state index < -0.39 is 5.82 Å². The van der Waals surface area contributed by atoms with Crippen LogP contribution < -0.4 is 10.6 Å². The van der Waals surface area contributed by atoms with Gasteiger partial charge in [0, 0.05) is 38.4 Å². The van der Waals surface area contributed by atoms with E-state index in [9.17, 15) is 4.39 Å². The van der Waals surface area contributed by atoms with Crippen LogP contribution in [0.2, 0.25) is 5.02 Å². The summed E-state index contributed by atoms with van der Waals surface area (Å²) in [6.07, 6.45) is 0. The molecule has 1 unspecified atom stereocenters. The Morgan fingerprint density at radius 3 is 2.46 bits per heavy atom. The van der Waals surface area contributed by atoms with Crippen LogP contribution in [0.3, 0.4) is 0 Å². The Morgan fingerprint density at radius 2 is 1.82 bits per heavy atom. The van der Waals surface area contributed by atoms with Gasteiger partial charge in [0.2, 0.25) is 0 Å². The normalized spacial score (nSPS) is 16.6. The van der Waals surface area contributed by atoms with Crippen LogP contribution >= 0.6 is 23.8 Å². The second-order valence-electron chi connectivity index (χ2n) is 7.23. The fourth-order valence-electron chi connectivity index (χ4n) is 3.32. The highest BCUT2D eigenvalue weighted by atomic mass is 35.5. The summed E-state index contributed by atoms with van der Waals surface area (Å²) in [7, 11) is 2.16. The predicted octanol–water partition coefficient (Wildman–Crippen LogP) is 4.06. The first-order valence-electron chi connectivity index (χ1n) is 9.41. The number of hydrogen-bond donors (Lipinski definition) is 2. The molecule has 0 bridgehead atoms. The van der Waals surface area contributed by atoms with E-state index >= 15 is 0 Å². The van der Waals surface area contributed by atoms with Gasteiger partial charge in [-0.05, 0) is 50.0 Å². The van der Waals surface area contributed by atoms with Crippen molar-refractivity contribution in [1.29, 1.82) is 0 Å². The molecule has 0 amide bonds. The summed E-state index contributed by atoms with van der Waals surface area (Å²) in [5.74, 6) is -0.444. The summed E-state index contributed by atoms with van der Waals surface area (Å²) >= 11 is 11.3. The number of rotatable bonds is 5. The van der Waals surface area contributed by atoms with Crippen LogP contribution in [0.5, 0.6) is 0 Å². The number of halogens is 2. The van der Waals surface area contributed by atoms with Gasteiger partial charge >= 0.3 is 0 Å². The lowest BCUT2D eigenvalue weighted by Gasteiger charge is -2.38. The van der Waals surface area contributed by atoms with Crippen molar-refractivity contribution >= 4 is 34.6 Å². The van der Waals surface area contributed by atoms with E-state index in [2.05, 4.69) is 58.7 Å². The molecular weight excluding hydrogens is 395 g/mol. The Morgan fingerprint density at radius 1 is 1.14 bits per heavy atom. The minimum Gasteiger partial charge on any atom is -0.361 e. The summed E-state index contributed by atoms with van der Waals surface area (Å²) in [6, 6.07) is 13.4. The monoisotopic (exact) mass is 420 g/mol. The quantitative estimate of drug-likeness (QED) is 0.712. The molecule has 0 aromatic heterocycles. The fourth-order valence-corrected chi connectivity index (χ4v) is 3.70. The van der Waals surface area contributed by atoms with Gasteiger partial charge in [-0.15, -0.1) is 0 Å². The highest BCUT2D eigenvalue weighted by Crippen LogP contribution is 2.23. The number of likely N-dealkylation sites (N-methyl/N-ethyl adjacent to an activating group) is 1. The molecule has 1 heterocycles. The lowest BCUT2D eigenvalue weighted by molar-refractivity contribution is 0.112. The molecule has 0 aliphatic carbocycles. The number of anilines is 1. The molecule has 7 heteroatoms. The van der Waals surface area contributed by atoms with Crippen molar-refractivity contribution in [1.82, 2.24) is 15.1 Å². The molecule has 28 heavy (non-hydrogen) atoms. The molecule has 0 spiro atoms. The van der Waals surface area contributed by atoms with Crippen molar-refractivity contribution in [3.05, 3.63) is 64.4 Å². The summed E-state index contributed by atoms with van der Waals surface area (Å²) < 4.78 is 13.3. The van der Waals surface area contributed by atoms with E-state index in [1.54, 1.807) is 6.07 Å². The van der Waals surface area contributed by atoms with Crippen molar-refractivity contribution < 1.29 is 4.39 Å². The molecule has 1 aliphatic heterocycles. The zero-order valence-electron chi connectivity index (χ0n) is 16.2. The predicted molar refractivity (Wildman–Crippen MR) is 119 cm³/mol. The van der Waals surface area contributed by atoms with Gasteiger partial charge in [0.05, 0.1) is 11.1 Å². The molecule has 1 fully saturated rings. The molecule has 2 aromatic carbocycles. The van der Waals surface area contributed by atoms with E-state index in [1.807, 2.05) is 0 Å². The maximum Gasteiger partial charge on any atom is 0.170 e. The van der Waals surface area contributed by atoms with Gasteiger partial charge in [-0.2, -0.15) is 0 Å². The van der Waals surface area contributed by atoms with E-state index in [0.717, 1.165) is 26.2 Å². The molecule has 1 saturated heterocycles. The Hall–Kier alpha value is -1.73. The maximum absolute atomic E-state index is 13.3. The number of nitrogens with zero attached hydrogens (tertiary/aromatic N) is 2. The van der Waals surface area contributed by atoms with Gasteiger partial charge in [0.25, 0.3) is 0 Å². The van der Waals surface area contributed by atoms with Gasteiger partial charge in [-0.25, -0.2) is 4.39 Å². The minimum absolute atomic E-state index is 0.0720. The van der Waals surface area contributed by atoms with E-state index in [4.69, 9.17) is 23.8 Å². The van der Waals surface area contributed by atoms with Gasteiger partial charge in [0.1, 0.15) is 5.82 Å². The Labute approximate surface area is 176 Å². The molecule has 2 aromatic rings. The van der Waals surface area contributed by atoms with Crippen LogP contribution in [0.1, 0.15) is 17.2 Å². The Bertz CT molecular complexity index is 807. The number of aryl methyl sites for hydroxylation is 1. The molecule has 2 N–H and O–H groups in total. The highest BCUT2D eigenvalue weighted by molar-refractivity contribution is 7.80. The summed E-state index contributed by atoms with van der Waals surface area (Å²) in [4.78, 5) is 4.84. The number of hydrogen-bond acceptors (Lipinski definition) is 3. The standard InChI is InChI=1S/C21H26ClFN4S/c1-15-3-5-16(6-4-15)20(27-11-9-26(2)10-12-27)14-24-21(28)25-17-7-8-19(23)18(22)13-17/h3-8,13,20H,9-12,14H2,1-2H3,(H2,24,25,28). The second kappa shape index (κ2) is 9.65. The minimum atomic E-state index is -0.444. The zero-order valence-corrected chi connectivity index (χ0v) is 17.8. The highest BCUT2D eigenvalue weighted by Gasteiger charge is 2.24. The van der Waals surface area contributed by atoms with Crippen LogP contribution in [0.15, 0.2) is 42.5 Å². The third-order valence-corrected chi connectivity index (χ3v) is 5.61. The van der Waals surface area contributed by atoms with Crippen molar-refractivity contribution in [2.75, 3.05) is 45.1 Å². The topological polar surface area (TPSA) is 30.5 Å². The average molecular weight is 421 g/mol. The van der Waals surface area contributed by atoms with Crippen LogP contribution in [0.25, 0.3) is 0 Å². The van der Waals surface area contributed by atoms with Gasteiger partial charge < -0.3 is 15.5 Å². The zero-order chi connectivity index (χ0) is 20.1. The molecule has 1 atom stereocenters. The molecule has 4 nitrogen and oxygen atoms in total. The van der Waals surface area contributed by atoms with Crippen LogP contribution in [-0.2, 0) is 0 Å². The third kappa shape index (κ3) is 5.64. The summed E-state index contributed by atoms with van der Waals surface area (Å²) in [6.45, 7) is 6.93. The second-order valence-corrected chi connectivity index (χ2v) is 8.05. The van der Waals surface area contributed by atoms with Crippen molar-refractivity contribution in [2.24, 2.45) is 0 Å². The van der Waals surface area contributed by atoms with E-state index in [1.165, 1.54) is 23.3 Å². The smallest absolute Gasteiger partial charge is 0.170 e. The average Bonchev–Trinajstić information content (AvgIpc) is 2.67. The molecule has 0 radical (unpaired) electrons. The van der Waals surface area contributed by atoms with Gasteiger partial charge in [-0.3, -0.25) is 4.90 Å². The molecule has 150 valence electrons. The first-order valence-corrected chi connectivity index (χ1v) is 10.2. The third-order valence-electron chi connectivity index (χ3n) is 5.07. The molecule has 0 saturated carbocycles. The maximum atomic E-state index is 13.3. The van der Waals surface area contributed by atoms with Crippen molar-refractivity contribution in [3.8, 4) is 0 Å². The summed E-state index contributed by atoms with van der Waals surface area (Å²) in [5, 5.41) is 6.96. The molecular formula is C21H26ClFN4S. The van der Waals surface area contributed by atoms with E-state index in [-0.39, 0.29) is 11.1 Å².